The summed E-state index contributed by atoms with van der Waals surface area (Å²) in [5, 5.41) is 5.37. The molecular weight excluding hydrogens is 292 g/mol. The second kappa shape index (κ2) is 4.87. The van der Waals surface area contributed by atoms with Gasteiger partial charge in [-0.25, -0.2) is 4.39 Å². The van der Waals surface area contributed by atoms with Crippen molar-refractivity contribution < 1.29 is 27.1 Å². The van der Waals surface area contributed by atoms with Crippen molar-refractivity contribution in [2.75, 3.05) is 5.32 Å². The van der Waals surface area contributed by atoms with E-state index in [0.717, 1.165) is 12.5 Å². The Hall–Kier alpha value is -1.83. The highest BCUT2D eigenvalue weighted by molar-refractivity contribution is 5.95. The van der Waals surface area contributed by atoms with E-state index in [0.29, 0.717) is 18.4 Å². The molecular formula is C13H12F4N2O2. The molecule has 2 N–H and O–H groups in total. The van der Waals surface area contributed by atoms with E-state index < -0.39 is 29.9 Å². The zero-order valence-electron chi connectivity index (χ0n) is 10.7. The fraction of sp³-hybridized carbons (Fsp3) is 0.462. The van der Waals surface area contributed by atoms with E-state index in [9.17, 15) is 22.4 Å². The highest BCUT2D eigenvalue weighted by Crippen LogP contribution is 2.41. The van der Waals surface area contributed by atoms with Gasteiger partial charge in [0.25, 0.3) is 0 Å². The van der Waals surface area contributed by atoms with Gasteiger partial charge >= 0.3 is 6.36 Å². The summed E-state index contributed by atoms with van der Waals surface area (Å²) in [6.07, 6.45) is -3.29. The predicted molar refractivity (Wildman–Crippen MR) is 65.1 cm³/mol. The van der Waals surface area contributed by atoms with Crippen LogP contribution < -0.4 is 15.4 Å². The van der Waals surface area contributed by atoms with Crippen LogP contribution >= 0.6 is 0 Å². The Bertz CT molecular complexity index is 566. The lowest BCUT2D eigenvalue weighted by molar-refractivity contribution is -0.275. The van der Waals surface area contributed by atoms with Gasteiger partial charge in [-0.15, -0.1) is 13.2 Å². The Labute approximate surface area is 117 Å². The molecule has 0 aromatic heterocycles. The molecule has 8 heteroatoms. The van der Waals surface area contributed by atoms with Crippen LogP contribution in [0.2, 0.25) is 0 Å². The van der Waals surface area contributed by atoms with Crippen LogP contribution in [0.3, 0.4) is 0 Å². The fourth-order valence-corrected chi connectivity index (χ4v) is 2.55. The van der Waals surface area contributed by atoms with Crippen molar-refractivity contribution in [2.24, 2.45) is 5.92 Å². The van der Waals surface area contributed by atoms with Crippen molar-refractivity contribution in [3.05, 3.63) is 24.0 Å². The van der Waals surface area contributed by atoms with Crippen molar-refractivity contribution in [1.29, 1.82) is 0 Å². The molecule has 114 valence electrons. The number of alkyl halides is 3. The van der Waals surface area contributed by atoms with Gasteiger partial charge in [0.2, 0.25) is 5.91 Å². The van der Waals surface area contributed by atoms with Crippen molar-refractivity contribution >= 4 is 11.6 Å². The molecule has 1 heterocycles. The molecule has 1 aliphatic carbocycles. The number of benzene rings is 1. The molecule has 1 aromatic carbocycles. The fourth-order valence-electron chi connectivity index (χ4n) is 2.55. The molecule has 3 atom stereocenters. The molecule has 0 radical (unpaired) electrons. The third-order valence-electron chi connectivity index (χ3n) is 3.64. The number of amides is 1. The summed E-state index contributed by atoms with van der Waals surface area (Å²) in [7, 11) is 0. The molecule has 0 bridgehead atoms. The Morgan fingerprint density at radius 2 is 2.10 bits per heavy atom. The third kappa shape index (κ3) is 3.10. The lowest BCUT2D eigenvalue weighted by atomic mass is 10.1. The molecule has 1 saturated heterocycles. The van der Waals surface area contributed by atoms with Gasteiger partial charge in [0.15, 0.2) is 11.6 Å². The van der Waals surface area contributed by atoms with E-state index in [-0.39, 0.29) is 5.69 Å². The summed E-state index contributed by atoms with van der Waals surface area (Å²) in [6.45, 7) is 0. The molecule has 0 spiro atoms. The number of nitrogens with one attached hydrogen (secondary N) is 2. The molecule has 2 fully saturated rings. The van der Waals surface area contributed by atoms with Crippen LogP contribution in [0.5, 0.6) is 5.75 Å². The van der Waals surface area contributed by atoms with Crippen molar-refractivity contribution in [1.82, 2.24) is 5.32 Å². The molecule has 4 nitrogen and oxygen atoms in total. The highest BCUT2D eigenvalue weighted by atomic mass is 19.4. The first kappa shape index (κ1) is 14.1. The summed E-state index contributed by atoms with van der Waals surface area (Å²) in [5.41, 5.74) is -0.330. The van der Waals surface area contributed by atoms with Crippen LogP contribution in [0.1, 0.15) is 12.8 Å². The SMILES string of the molecule is O=C(Nc1cccc(OC(F)(F)F)c1F)C1CC2CC2N1. The first-order valence-electron chi connectivity index (χ1n) is 6.44. The van der Waals surface area contributed by atoms with Crippen LogP contribution in [0.15, 0.2) is 18.2 Å². The zero-order chi connectivity index (χ0) is 15.2. The van der Waals surface area contributed by atoms with Crippen molar-refractivity contribution in [3.63, 3.8) is 0 Å². The number of halogens is 4. The van der Waals surface area contributed by atoms with Gasteiger partial charge in [-0.05, 0) is 30.9 Å². The number of ether oxygens (including phenoxy) is 1. The van der Waals surface area contributed by atoms with E-state index >= 15 is 0 Å². The van der Waals surface area contributed by atoms with E-state index in [4.69, 9.17) is 0 Å². The van der Waals surface area contributed by atoms with Crippen molar-refractivity contribution in [3.8, 4) is 5.75 Å². The largest absolute Gasteiger partial charge is 0.573 e. The molecule has 1 aromatic rings. The van der Waals surface area contributed by atoms with Gasteiger partial charge in [-0.3, -0.25) is 4.79 Å². The van der Waals surface area contributed by atoms with E-state index in [1.54, 1.807) is 0 Å². The number of anilines is 1. The minimum Gasteiger partial charge on any atom is -0.403 e. The molecule has 3 unspecified atom stereocenters. The molecule has 1 amide bonds. The quantitative estimate of drug-likeness (QED) is 0.843. The van der Waals surface area contributed by atoms with Crippen LogP contribution in [0, 0.1) is 11.7 Å². The second-order valence-electron chi connectivity index (χ2n) is 5.21. The van der Waals surface area contributed by atoms with Crippen LogP contribution in [0.25, 0.3) is 0 Å². The van der Waals surface area contributed by atoms with Gasteiger partial charge < -0.3 is 15.4 Å². The average Bonchev–Trinajstić information content (AvgIpc) is 2.99. The summed E-state index contributed by atoms with van der Waals surface area (Å²) >= 11 is 0. The maximum atomic E-state index is 13.9. The Morgan fingerprint density at radius 3 is 2.71 bits per heavy atom. The van der Waals surface area contributed by atoms with E-state index in [2.05, 4.69) is 15.4 Å². The smallest absolute Gasteiger partial charge is 0.403 e. The van der Waals surface area contributed by atoms with Crippen LogP contribution in [-0.4, -0.2) is 24.4 Å². The third-order valence-corrected chi connectivity index (χ3v) is 3.64. The summed E-state index contributed by atoms with van der Waals surface area (Å²) < 4.78 is 53.8. The Balaban J connectivity index is 1.70. The lowest BCUT2D eigenvalue weighted by Gasteiger charge is -2.15. The first-order valence-corrected chi connectivity index (χ1v) is 6.44. The highest BCUT2D eigenvalue weighted by Gasteiger charge is 2.47. The monoisotopic (exact) mass is 304 g/mol. The number of rotatable bonds is 3. The Morgan fingerprint density at radius 1 is 1.33 bits per heavy atom. The number of carbonyl (C=O) groups excluding carboxylic acids is 1. The summed E-state index contributed by atoms with van der Waals surface area (Å²) in [4.78, 5) is 11.9. The van der Waals surface area contributed by atoms with E-state index in [1.165, 1.54) is 12.1 Å². The topological polar surface area (TPSA) is 50.4 Å². The standard InChI is InChI=1S/C13H12F4N2O2/c14-11-7(2-1-3-10(11)21-13(15,16)17)19-12(20)9-5-6-4-8(6)18-9/h1-3,6,8-9,18H,4-5H2,(H,19,20). The number of carbonyl (C=O) groups is 1. The van der Waals surface area contributed by atoms with Gasteiger partial charge in [0.05, 0.1) is 11.7 Å². The van der Waals surface area contributed by atoms with Gasteiger partial charge in [-0.2, -0.15) is 0 Å². The second-order valence-corrected chi connectivity index (χ2v) is 5.21. The van der Waals surface area contributed by atoms with Gasteiger partial charge in [0, 0.05) is 6.04 Å². The number of piperidine rings is 1. The van der Waals surface area contributed by atoms with E-state index in [1.807, 2.05) is 0 Å². The summed E-state index contributed by atoms with van der Waals surface area (Å²) in [6, 6.07) is 3.12. The number of hydrogen-bond acceptors (Lipinski definition) is 3. The minimum atomic E-state index is -4.99. The molecule has 1 saturated carbocycles. The summed E-state index contributed by atoms with van der Waals surface area (Å²) in [5.74, 6) is -2.19. The predicted octanol–water partition coefficient (Wildman–Crippen LogP) is 2.41. The molecule has 21 heavy (non-hydrogen) atoms. The van der Waals surface area contributed by atoms with Gasteiger partial charge in [0.1, 0.15) is 0 Å². The maximum absolute atomic E-state index is 13.9. The Kier molecular flexibility index (Phi) is 3.27. The number of fused-ring (bicyclic) bond motifs is 1. The number of hydrogen-bond donors (Lipinski definition) is 2. The minimum absolute atomic E-state index is 0.330. The molecule has 2 aliphatic rings. The molecule has 3 rings (SSSR count). The van der Waals surface area contributed by atoms with Crippen LogP contribution in [0.4, 0.5) is 23.2 Å². The van der Waals surface area contributed by atoms with Crippen molar-refractivity contribution in [2.45, 2.75) is 31.3 Å². The van der Waals surface area contributed by atoms with Gasteiger partial charge in [-0.1, -0.05) is 6.07 Å². The average molecular weight is 304 g/mol. The first-order chi connectivity index (χ1) is 9.83. The maximum Gasteiger partial charge on any atom is 0.573 e. The van der Waals surface area contributed by atoms with Crippen LogP contribution in [-0.2, 0) is 4.79 Å². The zero-order valence-corrected chi connectivity index (χ0v) is 10.7. The normalized spacial score (nSPS) is 27.1. The molecule has 1 aliphatic heterocycles. The lowest BCUT2D eigenvalue weighted by Crippen LogP contribution is -2.38.